The molecule has 1 aliphatic rings. The van der Waals surface area contributed by atoms with Gasteiger partial charge in [0.15, 0.2) is 8.07 Å². The molecule has 0 radical (unpaired) electrons. The zero-order valence-corrected chi connectivity index (χ0v) is 34.5. The topological polar surface area (TPSA) is 35.1 Å². The van der Waals surface area contributed by atoms with Gasteiger partial charge in [0.25, 0.3) is 0 Å². The van der Waals surface area contributed by atoms with Crippen LogP contribution in [0.1, 0.15) is 25.0 Å². The summed E-state index contributed by atoms with van der Waals surface area (Å²) >= 11 is 1.88. The highest BCUT2D eigenvalue weighted by atomic mass is 32.2. The van der Waals surface area contributed by atoms with E-state index in [-0.39, 0.29) is 5.41 Å². The van der Waals surface area contributed by atoms with Gasteiger partial charge in [-0.25, -0.2) is 9.97 Å². The fraction of sp³-hybridized carbons (Fsp3) is 0.0566. The van der Waals surface area contributed by atoms with Gasteiger partial charge < -0.3 is 0 Å². The summed E-state index contributed by atoms with van der Waals surface area (Å²) in [6.45, 7) is 4.72. The lowest BCUT2D eigenvalue weighted by Gasteiger charge is -2.35. The van der Waals surface area contributed by atoms with Gasteiger partial charge in [-0.15, -0.1) is 0 Å². The third kappa shape index (κ3) is 4.91. The van der Waals surface area contributed by atoms with E-state index in [1.54, 1.807) is 0 Å². The summed E-state index contributed by atoms with van der Waals surface area (Å²) in [6, 6.07) is 65.7. The zero-order chi connectivity index (χ0) is 39.3. The van der Waals surface area contributed by atoms with E-state index in [1.165, 1.54) is 63.3 Å². The maximum atomic E-state index is 5.10. The quantitative estimate of drug-likeness (QED) is 0.0990. The Morgan fingerprint density at radius 3 is 1.98 bits per heavy atom. The van der Waals surface area contributed by atoms with Crippen molar-refractivity contribution in [3.8, 4) is 5.69 Å². The van der Waals surface area contributed by atoms with Crippen LogP contribution in [0.2, 0.25) is 0 Å². The van der Waals surface area contributed by atoms with Crippen molar-refractivity contribution in [3.05, 3.63) is 206 Å². The molecule has 11 aromatic rings. The van der Waals surface area contributed by atoms with E-state index in [4.69, 9.17) is 9.97 Å². The van der Waals surface area contributed by atoms with Crippen molar-refractivity contribution < 1.29 is 0 Å². The Morgan fingerprint density at radius 1 is 0.458 bits per heavy atom. The van der Waals surface area contributed by atoms with Gasteiger partial charge in [-0.1, -0.05) is 153 Å². The first kappa shape index (κ1) is 34.3. The lowest BCUT2D eigenvalue weighted by Crippen LogP contribution is -2.74. The van der Waals surface area contributed by atoms with Crippen molar-refractivity contribution in [1.82, 2.24) is 18.9 Å². The molecule has 0 unspecified atom stereocenters. The maximum Gasteiger partial charge on any atom is 0.179 e. The van der Waals surface area contributed by atoms with Crippen LogP contribution in [-0.4, -0.2) is 27.0 Å². The molecule has 0 N–H and O–H groups in total. The predicted molar refractivity (Wildman–Crippen MR) is 249 cm³/mol. The van der Waals surface area contributed by atoms with Crippen LogP contribution in [0.5, 0.6) is 0 Å². The molecule has 0 saturated heterocycles. The predicted octanol–water partition coefficient (Wildman–Crippen LogP) is 10.3. The fourth-order valence-corrected chi connectivity index (χ4v) is 16.3. The Labute approximate surface area is 347 Å². The van der Waals surface area contributed by atoms with Crippen LogP contribution in [0.3, 0.4) is 0 Å². The average Bonchev–Trinajstić information content (AvgIpc) is 3.91. The average molecular weight is 791 g/mol. The second-order valence-corrected chi connectivity index (χ2v) is 21.1. The van der Waals surface area contributed by atoms with Gasteiger partial charge in [0.05, 0.1) is 11.0 Å². The third-order valence-electron chi connectivity index (χ3n) is 12.8. The number of para-hydroxylation sites is 1. The molecule has 0 saturated carbocycles. The number of hydrogen-bond donors (Lipinski definition) is 0. The lowest BCUT2D eigenvalue weighted by molar-refractivity contribution is 0.608. The highest BCUT2D eigenvalue weighted by Gasteiger charge is 2.42. The molecule has 0 spiro atoms. The number of pyridine rings is 2. The number of rotatable bonds is 5. The van der Waals surface area contributed by atoms with Gasteiger partial charge in [0.2, 0.25) is 0 Å². The molecule has 7 aromatic carbocycles. The molecule has 4 nitrogen and oxygen atoms in total. The number of imidazole rings is 1. The number of benzene rings is 7. The summed E-state index contributed by atoms with van der Waals surface area (Å²) in [6.07, 6.45) is 5.94. The van der Waals surface area contributed by atoms with Gasteiger partial charge in [0, 0.05) is 61.0 Å². The normalized spacial score (nSPS) is 13.7. The van der Waals surface area contributed by atoms with Crippen molar-refractivity contribution in [2.24, 2.45) is 0 Å². The second-order valence-electron chi connectivity index (χ2n) is 16.2. The van der Waals surface area contributed by atoms with Gasteiger partial charge in [0.1, 0.15) is 11.3 Å². The first-order valence-electron chi connectivity index (χ1n) is 20.2. The highest BCUT2D eigenvalue weighted by molar-refractivity contribution is 7.99. The Balaban J connectivity index is 1.15. The molecule has 0 atom stereocenters. The summed E-state index contributed by atoms with van der Waals surface area (Å²) in [5.41, 5.74) is 7.98. The van der Waals surface area contributed by atoms with Crippen LogP contribution >= 0.6 is 11.8 Å². The maximum absolute atomic E-state index is 5.10. The van der Waals surface area contributed by atoms with Crippen LogP contribution in [0.4, 0.5) is 0 Å². The van der Waals surface area contributed by atoms with Crippen LogP contribution in [0.15, 0.2) is 204 Å². The molecular formula is C53H38N4SSi. The lowest BCUT2D eigenvalue weighted by atomic mass is 9.77. The SMILES string of the molecule is CC1(C)c2ccccc2Sc2cc3c(cc21)c1cccnc1n3-c1cccc([Si](c2ccccc2)(c2ccccc2)c2ccc3c4ccccc4n4ccnc4c3c2)c1. The Kier molecular flexibility index (Phi) is 7.50. The van der Waals surface area contributed by atoms with E-state index >= 15 is 0 Å². The number of hydrogen-bond acceptors (Lipinski definition) is 3. The molecule has 4 aromatic heterocycles. The molecule has 12 rings (SSSR count). The second kappa shape index (κ2) is 12.9. The first-order valence-corrected chi connectivity index (χ1v) is 23.0. The summed E-state index contributed by atoms with van der Waals surface area (Å²) in [4.78, 5) is 12.7. The van der Waals surface area contributed by atoms with Crippen LogP contribution < -0.4 is 20.7 Å². The van der Waals surface area contributed by atoms with E-state index in [2.05, 4.69) is 205 Å². The van der Waals surface area contributed by atoms with Gasteiger partial charge in [-0.2, -0.15) is 0 Å². The number of aromatic nitrogens is 4. The number of nitrogens with zero attached hydrogens (tertiary/aromatic N) is 4. The third-order valence-corrected chi connectivity index (χ3v) is 18.7. The van der Waals surface area contributed by atoms with E-state index < -0.39 is 8.07 Å². The Hall–Kier alpha value is -6.73. The smallest absolute Gasteiger partial charge is 0.179 e. The van der Waals surface area contributed by atoms with Crippen molar-refractivity contribution in [3.63, 3.8) is 0 Å². The van der Waals surface area contributed by atoms with E-state index in [0.29, 0.717) is 0 Å². The van der Waals surface area contributed by atoms with Gasteiger partial charge in [-0.3, -0.25) is 8.97 Å². The fourth-order valence-electron chi connectivity index (χ4n) is 10.1. The summed E-state index contributed by atoms with van der Waals surface area (Å²) in [7, 11) is -2.99. The molecular weight excluding hydrogens is 753 g/mol. The minimum atomic E-state index is -2.99. The summed E-state index contributed by atoms with van der Waals surface area (Å²) in [5.74, 6) is 0. The Morgan fingerprint density at radius 2 is 1.15 bits per heavy atom. The molecule has 1 aliphatic heterocycles. The molecule has 0 aliphatic carbocycles. The van der Waals surface area contributed by atoms with Gasteiger partial charge >= 0.3 is 0 Å². The summed E-state index contributed by atoms with van der Waals surface area (Å²) < 4.78 is 4.64. The van der Waals surface area contributed by atoms with Crippen molar-refractivity contribution in [1.29, 1.82) is 0 Å². The minimum absolute atomic E-state index is 0.132. The first-order chi connectivity index (χ1) is 29.0. The molecule has 59 heavy (non-hydrogen) atoms. The van der Waals surface area contributed by atoms with Crippen molar-refractivity contribution >= 4 is 89.8 Å². The van der Waals surface area contributed by atoms with E-state index in [0.717, 1.165) is 33.3 Å². The van der Waals surface area contributed by atoms with Crippen molar-refractivity contribution in [2.75, 3.05) is 0 Å². The van der Waals surface area contributed by atoms with Gasteiger partial charge in [-0.05, 0) is 85.8 Å². The van der Waals surface area contributed by atoms with Crippen LogP contribution in [0, 0.1) is 0 Å². The monoisotopic (exact) mass is 790 g/mol. The van der Waals surface area contributed by atoms with Crippen molar-refractivity contribution in [2.45, 2.75) is 29.1 Å². The molecule has 0 bridgehead atoms. The zero-order valence-electron chi connectivity index (χ0n) is 32.7. The van der Waals surface area contributed by atoms with Crippen LogP contribution in [0.25, 0.3) is 54.9 Å². The van der Waals surface area contributed by atoms with E-state index in [1.807, 2.05) is 24.2 Å². The Bertz CT molecular complexity index is 3420. The van der Waals surface area contributed by atoms with Crippen LogP contribution in [-0.2, 0) is 5.41 Å². The summed E-state index contributed by atoms with van der Waals surface area (Å²) in [5, 5.41) is 11.3. The van der Waals surface area contributed by atoms with E-state index in [9.17, 15) is 0 Å². The highest BCUT2D eigenvalue weighted by Crippen LogP contribution is 2.51. The molecule has 5 heterocycles. The molecule has 0 amide bonds. The minimum Gasteiger partial charge on any atom is -0.299 e. The standard InChI is InChI=1S/C53H38N4SSi/c1-53(2)45-23-10-12-25-49(45)58-50-34-48-43(33-46(50)53)42-22-14-28-54-52(42)57(48)35-15-13-20-38(31-35)59(36-16-5-3-6-17-36,37-18-7-4-8-19-37)39-26-27-40-41-21-9-11-24-47(41)56-30-29-55-51(56)44(40)32-39/h3-34H,1-2H3. The molecule has 280 valence electrons. The largest absolute Gasteiger partial charge is 0.299 e. The number of fused-ring (bicyclic) bond motifs is 11. The molecule has 6 heteroatoms. The molecule has 0 fully saturated rings.